The maximum Gasteiger partial charge on any atom is 0.326 e. The third kappa shape index (κ3) is 2.83. The summed E-state index contributed by atoms with van der Waals surface area (Å²) in [6.45, 7) is 0.176. The predicted molar refractivity (Wildman–Crippen MR) is 72.0 cm³/mol. The first-order valence-corrected chi connectivity index (χ1v) is 6.75. The molecule has 0 radical (unpaired) electrons. The van der Waals surface area contributed by atoms with E-state index in [0.29, 0.717) is 4.47 Å². The molecule has 0 bridgehead atoms. The van der Waals surface area contributed by atoms with Gasteiger partial charge < -0.3 is 14.7 Å². The summed E-state index contributed by atoms with van der Waals surface area (Å²) in [5.74, 6) is -2.17. The van der Waals surface area contributed by atoms with Crippen molar-refractivity contribution in [2.24, 2.45) is 0 Å². The number of carbonyl (C=O) groups is 2. The van der Waals surface area contributed by atoms with E-state index in [0.717, 1.165) is 6.07 Å². The van der Waals surface area contributed by atoms with E-state index in [-0.39, 0.29) is 24.6 Å². The van der Waals surface area contributed by atoms with E-state index >= 15 is 0 Å². The number of nitrogens with zero attached hydrogens (tertiary/aromatic N) is 1. The molecule has 20 heavy (non-hydrogen) atoms. The van der Waals surface area contributed by atoms with Crippen LogP contribution < -0.4 is 0 Å². The Balaban J connectivity index is 2.31. The molecule has 0 spiro atoms. The number of hydrogen-bond acceptors (Lipinski definition) is 3. The number of rotatable bonds is 3. The fraction of sp³-hybridized carbons (Fsp3) is 0.385. The van der Waals surface area contributed by atoms with E-state index in [1.54, 1.807) is 0 Å². The van der Waals surface area contributed by atoms with Gasteiger partial charge in [0.05, 0.1) is 11.7 Å². The number of benzene rings is 1. The zero-order chi connectivity index (χ0) is 14.9. The fourth-order valence-electron chi connectivity index (χ4n) is 2.24. The summed E-state index contributed by atoms with van der Waals surface area (Å²) < 4.78 is 18.8. The standard InChI is InChI=1S/C13H13BrFNO4/c1-20-8-5-11(13(18)19)16(6-8)12(17)9-4-7(15)2-3-10(9)14/h2-4,8,11H,5-6H2,1H3,(H,18,19). The second-order valence-corrected chi connectivity index (χ2v) is 5.38. The molecule has 0 aliphatic carbocycles. The highest BCUT2D eigenvalue weighted by Crippen LogP contribution is 2.26. The zero-order valence-corrected chi connectivity index (χ0v) is 12.3. The topological polar surface area (TPSA) is 66.8 Å². The van der Waals surface area contributed by atoms with Gasteiger partial charge in [-0.15, -0.1) is 0 Å². The van der Waals surface area contributed by atoms with Crippen molar-refractivity contribution in [1.82, 2.24) is 4.90 Å². The second-order valence-electron chi connectivity index (χ2n) is 4.53. The molecule has 1 heterocycles. The molecular weight excluding hydrogens is 333 g/mol. The molecule has 2 unspecified atom stereocenters. The van der Waals surface area contributed by atoms with Gasteiger partial charge in [-0.05, 0) is 34.1 Å². The Morgan fingerprint density at radius 1 is 1.50 bits per heavy atom. The molecule has 1 aromatic rings. The van der Waals surface area contributed by atoms with Crippen molar-refractivity contribution < 1.29 is 23.8 Å². The van der Waals surface area contributed by atoms with Crippen molar-refractivity contribution in [2.75, 3.05) is 13.7 Å². The smallest absolute Gasteiger partial charge is 0.326 e. The van der Waals surface area contributed by atoms with Crippen molar-refractivity contribution in [1.29, 1.82) is 0 Å². The van der Waals surface area contributed by atoms with Crippen LogP contribution in [0.25, 0.3) is 0 Å². The summed E-state index contributed by atoms with van der Waals surface area (Å²) in [4.78, 5) is 24.8. The first kappa shape index (κ1) is 14.9. The van der Waals surface area contributed by atoms with E-state index in [2.05, 4.69) is 15.9 Å². The number of carboxylic acid groups (broad SMARTS) is 1. The SMILES string of the molecule is COC1CC(C(=O)O)N(C(=O)c2cc(F)ccc2Br)C1. The fourth-order valence-corrected chi connectivity index (χ4v) is 2.66. The molecule has 7 heteroatoms. The zero-order valence-electron chi connectivity index (χ0n) is 10.7. The summed E-state index contributed by atoms with van der Waals surface area (Å²) in [6.07, 6.45) is -0.0998. The Morgan fingerprint density at radius 3 is 2.80 bits per heavy atom. The average Bonchev–Trinajstić information content (AvgIpc) is 2.85. The minimum atomic E-state index is -1.09. The summed E-state index contributed by atoms with van der Waals surface area (Å²) >= 11 is 3.17. The number of carbonyl (C=O) groups excluding carboxylic acids is 1. The van der Waals surface area contributed by atoms with Gasteiger partial charge in [0.15, 0.2) is 0 Å². The van der Waals surface area contributed by atoms with Gasteiger partial charge in [0, 0.05) is 24.5 Å². The van der Waals surface area contributed by atoms with E-state index in [4.69, 9.17) is 4.74 Å². The molecule has 1 amide bonds. The average molecular weight is 346 g/mol. The van der Waals surface area contributed by atoms with Crippen LogP contribution in [0.3, 0.4) is 0 Å². The highest BCUT2D eigenvalue weighted by molar-refractivity contribution is 9.10. The molecule has 2 atom stereocenters. The Morgan fingerprint density at radius 2 is 2.20 bits per heavy atom. The molecule has 5 nitrogen and oxygen atoms in total. The lowest BCUT2D eigenvalue weighted by Crippen LogP contribution is -2.40. The van der Waals surface area contributed by atoms with Crippen LogP contribution in [0.15, 0.2) is 22.7 Å². The molecule has 1 fully saturated rings. The van der Waals surface area contributed by atoms with Crippen LogP contribution in [0.5, 0.6) is 0 Å². The predicted octanol–water partition coefficient (Wildman–Crippen LogP) is 1.90. The molecule has 1 aliphatic rings. The number of aliphatic carboxylic acids is 1. The molecule has 108 valence electrons. The normalized spacial score (nSPS) is 22.1. The molecule has 1 aliphatic heterocycles. The van der Waals surface area contributed by atoms with Crippen LogP contribution in [-0.4, -0.2) is 47.7 Å². The Kier molecular flexibility index (Phi) is 4.39. The first-order valence-electron chi connectivity index (χ1n) is 5.95. The van der Waals surface area contributed by atoms with Gasteiger partial charge in [-0.2, -0.15) is 0 Å². The molecule has 2 rings (SSSR count). The van der Waals surface area contributed by atoms with Crippen molar-refractivity contribution in [3.8, 4) is 0 Å². The Hall–Kier alpha value is -1.47. The lowest BCUT2D eigenvalue weighted by Gasteiger charge is -2.21. The molecule has 1 aromatic carbocycles. The van der Waals surface area contributed by atoms with Crippen LogP contribution in [-0.2, 0) is 9.53 Å². The van der Waals surface area contributed by atoms with E-state index in [9.17, 15) is 19.1 Å². The minimum Gasteiger partial charge on any atom is -0.480 e. The largest absolute Gasteiger partial charge is 0.480 e. The quantitative estimate of drug-likeness (QED) is 0.908. The Labute approximate surface area is 123 Å². The van der Waals surface area contributed by atoms with Crippen LogP contribution in [0, 0.1) is 5.82 Å². The van der Waals surface area contributed by atoms with Gasteiger partial charge >= 0.3 is 5.97 Å². The molecule has 0 aromatic heterocycles. The minimum absolute atomic E-state index is 0.105. The third-order valence-electron chi connectivity index (χ3n) is 3.30. The number of halogens is 2. The van der Waals surface area contributed by atoms with Crippen molar-refractivity contribution in [3.05, 3.63) is 34.1 Å². The van der Waals surface area contributed by atoms with Gasteiger partial charge in [-0.1, -0.05) is 0 Å². The van der Waals surface area contributed by atoms with Gasteiger partial charge in [-0.25, -0.2) is 9.18 Å². The number of carboxylic acids is 1. The van der Waals surface area contributed by atoms with Gasteiger partial charge in [0.25, 0.3) is 5.91 Å². The molecule has 1 N–H and O–H groups in total. The summed E-state index contributed by atoms with van der Waals surface area (Å²) in [7, 11) is 1.47. The van der Waals surface area contributed by atoms with Gasteiger partial charge in [0.2, 0.25) is 0 Å². The Bertz CT molecular complexity index is 551. The maximum absolute atomic E-state index is 13.3. The number of methoxy groups -OCH3 is 1. The maximum atomic E-state index is 13.3. The highest BCUT2D eigenvalue weighted by Gasteiger charge is 2.40. The molecular formula is C13H13BrFNO4. The summed E-state index contributed by atoms with van der Waals surface area (Å²) in [6, 6.07) is 2.77. The van der Waals surface area contributed by atoms with Gasteiger partial charge in [0.1, 0.15) is 11.9 Å². The van der Waals surface area contributed by atoms with Crippen molar-refractivity contribution >= 4 is 27.8 Å². The second kappa shape index (κ2) is 5.88. The van der Waals surface area contributed by atoms with Gasteiger partial charge in [-0.3, -0.25) is 4.79 Å². The van der Waals surface area contributed by atoms with Crippen molar-refractivity contribution in [3.63, 3.8) is 0 Å². The number of amides is 1. The monoisotopic (exact) mass is 345 g/mol. The summed E-state index contributed by atoms with van der Waals surface area (Å²) in [5, 5.41) is 9.18. The molecule has 0 saturated carbocycles. The van der Waals surface area contributed by atoms with Crippen LogP contribution in [0.2, 0.25) is 0 Å². The van der Waals surface area contributed by atoms with Crippen LogP contribution in [0.4, 0.5) is 4.39 Å². The van der Waals surface area contributed by atoms with Crippen LogP contribution in [0.1, 0.15) is 16.8 Å². The first-order chi connectivity index (χ1) is 9.43. The lowest BCUT2D eigenvalue weighted by molar-refractivity contribution is -0.141. The highest BCUT2D eigenvalue weighted by atomic mass is 79.9. The number of likely N-dealkylation sites (tertiary alicyclic amines) is 1. The molecule has 1 saturated heterocycles. The number of ether oxygens (including phenoxy) is 1. The van der Waals surface area contributed by atoms with E-state index in [1.165, 1.54) is 24.1 Å². The third-order valence-corrected chi connectivity index (χ3v) is 3.99. The number of hydrogen-bond donors (Lipinski definition) is 1. The van der Waals surface area contributed by atoms with E-state index < -0.39 is 23.7 Å². The van der Waals surface area contributed by atoms with E-state index in [1.807, 2.05) is 0 Å². The summed E-state index contributed by atoms with van der Waals surface area (Å²) in [5.41, 5.74) is 0.105. The van der Waals surface area contributed by atoms with Crippen molar-refractivity contribution in [2.45, 2.75) is 18.6 Å². The van der Waals surface area contributed by atoms with Crippen LogP contribution >= 0.6 is 15.9 Å². The lowest BCUT2D eigenvalue weighted by atomic mass is 10.1.